The minimum atomic E-state index is -1.06. The number of nitrogens with zero attached hydrogens (tertiary/aromatic N) is 1. The average molecular weight is 299 g/mol. The van der Waals surface area contributed by atoms with E-state index in [4.69, 9.17) is 5.11 Å². The zero-order valence-electron chi connectivity index (χ0n) is 11.1. The van der Waals surface area contributed by atoms with Crippen molar-refractivity contribution in [2.75, 3.05) is 11.9 Å². The Hall–Kier alpha value is -2.71. The monoisotopic (exact) mass is 299 g/mol. The average Bonchev–Trinajstić information content (AvgIpc) is 2.37. The Bertz CT molecular complexity index is 564. The first-order chi connectivity index (χ1) is 9.81. The Morgan fingerprint density at radius 3 is 2.67 bits per heavy atom. The number of halogens is 1. The molecule has 1 aromatic carbocycles. The number of nitro benzene ring substituents is 1. The van der Waals surface area contributed by atoms with Crippen LogP contribution in [0.1, 0.15) is 13.3 Å². The van der Waals surface area contributed by atoms with E-state index in [1.807, 2.05) is 0 Å². The van der Waals surface area contributed by atoms with Gasteiger partial charge in [0.25, 0.3) is 0 Å². The highest BCUT2D eigenvalue weighted by Gasteiger charge is 2.15. The molecule has 0 spiro atoms. The van der Waals surface area contributed by atoms with Crippen LogP contribution in [0, 0.1) is 21.8 Å². The summed E-state index contributed by atoms with van der Waals surface area (Å²) < 4.78 is 13.3. The number of carbonyl (C=O) groups excluding carboxylic acids is 1. The molecule has 0 saturated carbocycles. The van der Waals surface area contributed by atoms with Crippen LogP contribution in [-0.2, 0) is 4.79 Å². The maximum Gasteiger partial charge on any atom is 0.319 e. The van der Waals surface area contributed by atoms with Gasteiger partial charge >= 0.3 is 17.7 Å². The van der Waals surface area contributed by atoms with Gasteiger partial charge in [-0.2, -0.15) is 4.39 Å². The van der Waals surface area contributed by atoms with Gasteiger partial charge in [0.15, 0.2) is 0 Å². The van der Waals surface area contributed by atoms with Gasteiger partial charge in [-0.3, -0.25) is 14.9 Å². The highest BCUT2D eigenvalue weighted by molar-refractivity contribution is 5.89. The van der Waals surface area contributed by atoms with E-state index in [0.29, 0.717) is 0 Å². The van der Waals surface area contributed by atoms with E-state index in [1.54, 1.807) is 0 Å². The van der Waals surface area contributed by atoms with Crippen molar-refractivity contribution >= 4 is 23.4 Å². The first-order valence-corrected chi connectivity index (χ1v) is 6.03. The largest absolute Gasteiger partial charge is 0.481 e. The number of amides is 2. The second-order valence-corrected chi connectivity index (χ2v) is 4.33. The third kappa shape index (κ3) is 5.05. The van der Waals surface area contributed by atoms with Crippen molar-refractivity contribution in [2.45, 2.75) is 13.3 Å². The topological polar surface area (TPSA) is 122 Å². The van der Waals surface area contributed by atoms with E-state index in [0.717, 1.165) is 12.1 Å². The lowest BCUT2D eigenvalue weighted by atomic mass is 10.1. The molecule has 21 heavy (non-hydrogen) atoms. The molecule has 1 aromatic rings. The van der Waals surface area contributed by atoms with Crippen molar-refractivity contribution in [3.63, 3.8) is 0 Å². The lowest BCUT2D eigenvalue weighted by molar-refractivity contribution is -0.387. The number of aliphatic carboxylic acids is 1. The Morgan fingerprint density at radius 1 is 1.48 bits per heavy atom. The molecule has 0 saturated heterocycles. The zero-order valence-corrected chi connectivity index (χ0v) is 11.1. The van der Waals surface area contributed by atoms with E-state index < -0.39 is 34.3 Å². The van der Waals surface area contributed by atoms with Gasteiger partial charge in [0.2, 0.25) is 5.82 Å². The number of urea groups is 1. The molecular formula is C12H14FN3O5. The summed E-state index contributed by atoms with van der Waals surface area (Å²) in [5.74, 6) is -2.62. The van der Waals surface area contributed by atoms with Crippen LogP contribution in [0.2, 0.25) is 0 Å². The minimum Gasteiger partial charge on any atom is -0.481 e. The molecule has 1 rings (SSSR count). The van der Waals surface area contributed by atoms with Crippen LogP contribution in [0.15, 0.2) is 18.2 Å². The fourth-order valence-electron chi connectivity index (χ4n) is 1.43. The maximum atomic E-state index is 13.3. The molecule has 0 heterocycles. The van der Waals surface area contributed by atoms with Crippen LogP contribution in [0.5, 0.6) is 0 Å². The number of anilines is 1. The van der Waals surface area contributed by atoms with E-state index in [-0.39, 0.29) is 18.7 Å². The number of hydrogen-bond acceptors (Lipinski definition) is 4. The fraction of sp³-hybridized carbons (Fsp3) is 0.333. The molecule has 9 heteroatoms. The van der Waals surface area contributed by atoms with Gasteiger partial charge in [0.1, 0.15) is 0 Å². The Balaban J connectivity index is 2.50. The number of nitro groups is 1. The fourth-order valence-corrected chi connectivity index (χ4v) is 1.43. The summed E-state index contributed by atoms with van der Waals surface area (Å²) in [6, 6.07) is 2.32. The van der Waals surface area contributed by atoms with E-state index in [2.05, 4.69) is 10.6 Å². The zero-order chi connectivity index (χ0) is 16.0. The van der Waals surface area contributed by atoms with Crippen LogP contribution >= 0.6 is 0 Å². The molecule has 3 N–H and O–H groups in total. The van der Waals surface area contributed by atoms with Crippen molar-refractivity contribution in [2.24, 2.45) is 5.92 Å². The number of nitrogens with one attached hydrogen (secondary N) is 2. The Labute approximate surface area is 119 Å². The number of carbonyl (C=O) groups is 2. The summed E-state index contributed by atoms with van der Waals surface area (Å²) in [4.78, 5) is 31.6. The predicted molar refractivity (Wildman–Crippen MR) is 71.5 cm³/mol. The summed E-state index contributed by atoms with van der Waals surface area (Å²) in [5, 5.41) is 23.8. The highest BCUT2D eigenvalue weighted by Crippen LogP contribution is 2.20. The van der Waals surface area contributed by atoms with Gasteiger partial charge in [-0.05, 0) is 12.5 Å². The highest BCUT2D eigenvalue weighted by atomic mass is 19.1. The van der Waals surface area contributed by atoms with Crippen molar-refractivity contribution in [1.82, 2.24) is 5.32 Å². The summed E-state index contributed by atoms with van der Waals surface area (Å²) in [6.07, 6.45) is 0.247. The molecule has 0 aliphatic heterocycles. The molecule has 1 atom stereocenters. The van der Waals surface area contributed by atoms with Crippen molar-refractivity contribution in [1.29, 1.82) is 0 Å². The van der Waals surface area contributed by atoms with Gasteiger partial charge in [0.05, 0.1) is 10.8 Å². The molecule has 0 aliphatic rings. The summed E-state index contributed by atoms with van der Waals surface area (Å²) in [7, 11) is 0. The van der Waals surface area contributed by atoms with Gasteiger partial charge < -0.3 is 15.7 Å². The first kappa shape index (κ1) is 16.3. The standard InChI is InChI=1S/C12H14FN3O5/c1-7(11(17)18)4-5-14-12(19)15-8-2-3-10(16(20)21)9(13)6-8/h2-3,6-7H,4-5H2,1H3,(H,17,18)(H2,14,15,19). The van der Waals surface area contributed by atoms with Crippen molar-refractivity contribution in [3.05, 3.63) is 34.1 Å². The number of hydrogen-bond donors (Lipinski definition) is 3. The SMILES string of the molecule is CC(CCNC(=O)Nc1ccc([N+](=O)[O-])c(F)c1)C(=O)O. The summed E-state index contributed by atoms with van der Waals surface area (Å²) in [5.41, 5.74) is -0.627. The Morgan fingerprint density at radius 2 is 2.14 bits per heavy atom. The van der Waals surface area contributed by atoms with Crippen LogP contribution in [0.4, 0.5) is 20.6 Å². The van der Waals surface area contributed by atoms with Crippen LogP contribution in [0.3, 0.4) is 0 Å². The van der Waals surface area contributed by atoms with Crippen molar-refractivity contribution < 1.29 is 24.0 Å². The molecule has 2 amide bonds. The lowest BCUT2D eigenvalue weighted by Crippen LogP contribution is -2.31. The van der Waals surface area contributed by atoms with Gasteiger partial charge in [0, 0.05) is 24.4 Å². The second-order valence-electron chi connectivity index (χ2n) is 4.33. The van der Waals surface area contributed by atoms with Gasteiger partial charge in [-0.15, -0.1) is 0 Å². The van der Waals surface area contributed by atoms with Crippen LogP contribution in [-0.4, -0.2) is 28.6 Å². The van der Waals surface area contributed by atoms with E-state index >= 15 is 0 Å². The maximum absolute atomic E-state index is 13.3. The van der Waals surface area contributed by atoms with Crippen LogP contribution < -0.4 is 10.6 Å². The molecule has 8 nitrogen and oxygen atoms in total. The lowest BCUT2D eigenvalue weighted by Gasteiger charge is -2.09. The van der Waals surface area contributed by atoms with Gasteiger partial charge in [-0.25, -0.2) is 4.79 Å². The first-order valence-electron chi connectivity index (χ1n) is 6.03. The predicted octanol–water partition coefficient (Wildman–Crippen LogP) is 1.97. The quantitative estimate of drug-likeness (QED) is 0.547. The number of carboxylic acid groups (broad SMARTS) is 1. The van der Waals surface area contributed by atoms with Crippen molar-refractivity contribution in [3.8, 4) is 0 Å². The molecule has 0 radical (unpaired) electrons. The minimum absolute atomic E-state index is 0.0573. The number of benzene rings is 1. The molecule has 0 bridgehead atoms. The van der Waals surface area contributed by atoms with Gasteiger partial charge in [-0.1, -0.05) is 6.92 Å². The smallest absolute Gasteiger partial charge is 0.319 e. The molecule has 0 aromatic heterocycles. The molecule has 1 unspecified atom stereocenters. The third-order valence-electron chi connectivity index (χ3n) is 2.69. The summed E-state index contributed by atoms with van der Waals surface area (Å²) >= 11 is 0. The molecule has 114 valence electrons. The molecule has 0 aliphatic carbocycles. The number of carboxylic acids is 1. The summed E-state index contributed by atoms with van der Waals surface area (Å²) in [6.45, 7) is 1.64. The Kier molecular flexibility index (Phi) is 5.58. The normalized spacial score (nSPS) is 11.5. The molecular weight excluding hydrogens is 285 g/mol. The second kappa shape index (κ2) is 7.17. The van der Waals surface area contributed by atoms with Crippen LogP contribution in [0.25, 0.3) is 0 Å². The van der Waals surface area contributed by atoms with E-state index in [9.17, 15) is 24.1 Å². The molecule has 0 fully saturated rings. The van der Waals surface area contributed by atoms with E-state index in [1.165, 1.54) is 13.0 Å². The third-order valence-corrected chi connectivity index (χ3v) is 2.69. The number of rotatable bonds is 6.